The lowest BCUT2D eigenvalue weighted by Crippen LogP contribution is -2.37. The number of carbonyl (C=O) groups is 1. The average Bonchev–Trinajstić information content (AvgIpc) is 3.07. The van der Waals surface area contributed by atoms with Crippen LogP contribution in [-0.2, 0) is 17.6 Å². The molecule has 0 atom stereocenters. The third kappa shape index (κ3) is 3.50. The molecule has 28 heavy (non-hydrogen) atoms. The molecular formula is C20H20FIN4O2. The number of aldehydes is 1. The number of fused-ring (bicyclic) bond motifs is 1. The van der Waals surface area contributed by atoms with E-state index >= 15 is 0 Å². The van der Waals surface area contributed by atoms with Gasteiger partial charge >= 0.3 is 0 Å². The monoisotopic (exact) mass is 494 g/mol. The number of anilines is 1. The smallest absolute Gasteiger partial charge is 0.170 e. The molecule has 8 heteroatoms. The summed E-state index contributed by atoms with van der Waals surface area (Å²) in [6.45, 7) is 4.78. The van der Waals surface area contributed by atoms with Crippen LogP contribution in [0.1, 0.15) is 34.2 Å². The first-order valence-corrected chi connectivity index (χ1v) is 10.3. The zero-order valence-electron chi connectivity index (χ0n) is 15.5. The lowest BCUT2D eigenvalue weighted by molar-refractivity contribution is 0.111. The van der Waals surface area contributed by atoms with E-state index in [9.17, 15) is 9.18 Å². The molecule has 1 aliphatic heterocycles. The van der Waals surface area contributed by atoms with E-state index in [4.69, 9.17) is 9.84 Å². The van der Waals surface area contributed by atoms with Gasteiger partial charge in [0.15, 0.2) is 17.8 Å². The average molecular weight is 494 g/mol. The number of carbonyl (C=O) groups excluding carboxylic acids is 1. The molecule has 0 saturated carbocycles. The fraction of sp³-hybridized carbons (Fsp3) is 0.350. The van der Waals surface area contributed by atoms with Crippen LogP contribution in [0.15, 0.2) is 24.3 Å². The molecular weight excluding hydrogens is 474 g/mol. The van der Waals surface area contributed by atoms with Gasteiger partial charge in [-0.2, -0.15) is 0 Å². The maximum absolute atomic E-state index is 14.2. The standard InChI is InChI=1S/C20H20FIN4O2/c1-2-14-13(4-3-5-15(14)21)10-18-17(12-27)23-20-16(22)11-19(24-26(18)20)25-6-8-28-9-7-25/h3-5,11-12H,2,6-10H2,1H3. The summed E-state index contributed by atoms with van der Waals surface area (Å²) in [5, 5.41) is 4.77. The summed E-state index contributed by atoms with van der Waals surface area (Å²) >= 11 is 2.22. The van der Waals surface area contributed by atoms with Crippen molar-refractivity contribution in [3.63, 3.8) is 0 Å². The predicted octanol–water partition coefficient (Wildman–Crippen LogP) is 3.28. The summed E-state index contributed by atoms with van der Waals surface area (Å²) in [6.07, 6.45) is 1.73. The van der Waals surface area contributed by atoms with Crippen LogP contribution in [0.4, 0.5) is 10.2 Å². The number of morpholine rings is 1. The third-order valence-corrected chi connectivity index (χ3v) is 5.82. The van der Waals surface area contributed by atoms with Crippen LogP contribution in [-0.4, -0.2) is 47.2 Å². The molecule has 0 aliphatic carbocycles. The molecule has 1 aliphatic rings. The molecule has 4 rings (SSSR count). The first kappa shape index (κ1) is 19.3. The normalized spacial score (nSPS) is 14.6. The molecule has 3 heterocycles. The molecule has 0 spiro atoms. The van der Waals surface area contributed by atoms with Gasteiger partial charge in [-0.05, 0) is 52.3 Å². The van der Waals surface area contributed by atoms with Gasteiger partial charge in [0, 0.05) is 19.5 Å². The van der Waals surface area contributed by atoms with Gasteiger partial charge in [-0.15, -0.1) is 5.10 Å². The van der Waals surface area contributed by atoms with Crippen LogP contribution in [0, 0.1) is 9.39 Å². The van der Waals surface area contributed by atoms with E-state index < -0.39 is 0 Å². The number of hydrogen-bond donors (Lipinski definition) is 0. The summed E-state index contributed by atoms with van der Waals surface area (Å²) in [4.78, 5) is 18.3. The molecule has 6 nitrogen and oxygen atoms in total. The van der Waals surface area contributed by atoms with Crippen molar-refractivity contribution in [2.75, 3.05) is 31.2 Å². The summed E-state index contributed by atoms with van der Waals surface area (Å²) in [5.41, 5.74) is 3.17. The number of hydrogen-bond acceptors (Lipinski definition) is 5. The second-order valence-electron chi connectivity index (χ2n) is 6.65. The van der Waals surface area contributed by atoms with Gasteiger partial charge in [0.25, 0.3) is 0 Å². The number of rotatable bonds is 5. The predicted molar refractivity (Wildman–Crippen MR) is 113 cm³/mol. The Balaban J connectivity index is 1.83. The number of halogens is 2. The Bertz CT molecular complexity index is 1030. The highest BCUT2D eigenvalue weighted by Gasteiger charge is 2.21. The van der Waals surface area contributed by atoms with E-state index in [1.165, 1.54) is 6.07 Å². The molecule has 3 aromatic rings. The number of nitrogens with zero attached hydrogens (tertiary/aromatic N) is 4. The quantitative estimate of drug-likeness (QED) is 0.403. The van der Waals surface area contributed by atoms with Crippen molar-refractivity contribution >= 4 is 40.3 Å². The van der Waals surface area contributed by atoms with Crippen LogP contribution >= 0.6 is 22.6 Å². The van der Waals surface area contributed by atoms with Crippen molar-refractivity contribution in [3.05, 3.63) is 56.2 Å². The van der Waals surface area contributed by atoms with Crippen LogP contribution in [0.5, 0.6) is 0 Å². The van der Waals surface area contributed by atoms with Crippen molar-refractivity contribution < 1.29 is 13.9 Å². The minimum atomic E-state index is -0.224. The van der Waals surface area contributed by atoms with Crippen LogP contribution < -0.4 is 4.90 Å². The lowest BCUT2D eigenvalue weighted by atomic mass is 10.00. The topological polar surface area (TPSA) is 59.7 Å². The lowest BCUT2D eigenvalue weighted by Gasteiger charge is -2.27. The van der Waals surface area contributed by atoms with E-state index in [2.05, 4.69) is 32.5 Å². The van der Waals surface area contributed by atoms with Gasteiger partial charge in [0.05, 0.1) is 22.5 Å². The summed E-state index contributed by atoms with van der Waals surface area (Å²) < 4.78 is 22.3. The molecule has 0 amide bonds. The van der Waals surface area contributed by atoms with Crippen LogP contribution in [0.25, 0.3) is 5.65 Å². The Morgan fingerprint density at radius 2 is 2.11 bits per heavy atom. The minimum absolute atomic E-state index is 0.224. The molecule has 146 valence electrons. The second-order valence-corrected chi connectivity index (χ2v) is 7.82. The van der Waals surface area contributed by atoms with E-state index in [0.29, 0.717) is 48.7 Å². The molecule has 0 N–H and O–H groups in total. The molecule has 0 radical (unpaired) electrons. The number of benzene rings is 1. The van der Waals surface area contributed by atoms with E-state index in [-0.39, 0.29) is 5.82 Å². The van der Waals surface area contributed by atoms with Crippen LogP contribution in [0.2, 0.25) is 0 Å². The third-order valence-electron chi connectivity index (χ3n) is 5.02. The highest BCUT2D eigenvalue weighted by molar-refractivity contribution is 14.1. The molecule has 1 aromatic carbocycles. The van der Waals surface area contributed by atoms with E-state index in [1.54, 1.807) is 10.6 Å². The van der Waals surface area contributed by atoms with Gasteiger partial charge < -0.3 is 9.64 Å². The Morgan fingerprint density at radius 1 is 1.32 bits per heavy atom. The Morgan fingerprint density at radius 3 is 2.82 bits per heavy atom. The highest BCUT2D eigenvalue weighted by Crippen LogP contribution is 2.25. The van der Waals surface area contributed by atoms with Crippen LogP contribution in [0.3, 0.4) is 0 Å². The zero-order valence-corrected chi connectivity index (χ0v) is 17.6. The van der Waals surface area contributed by atoms with Crippen molar-refractivity contribution in [2.45, 2.75) is 19.8 Å². The maximum atomic E-state index is 14.2. The molecule has 1 fully saturated rings. The fourth-order valence-electron chi connectivity index (χ4n) is 3.59. The van der Waals surface area contributed by atoms with Gasteiger partial charge in [-0.25, -0.2) is 13.9 Å². The first-order chi connectivity index (χ1) is 13.6. The van der Waals surface area contributed by atoms with Gasteiger partial charge in [-0.1, -0.05) is 19.1 Å². The summed E-state index contributed by atoms with van der Waals surface area (Å²) in [5.74, 6) is 0.601. The second kappa shape index (κ2) is 8.12. The number of ether oxygens (including phenoxy) is 1. The van der Waals surface area contributed by atoms with Crippen molar-refractivity contribution in [1.29, 1.82) is 0 Å². The molecule has 1 saturated heterocycles. The summed E-state index contributed by atoms with van der Waals surface area (Å²) in [6, 6.07) is 7.04. The Labute approximate surface area is 175 Å². The Kier molecular flexibility index (Phi) is 5.58. The summed E-state index contributed by atoms with van der Waals surface area (Å²) in [7, 11) is 0. The largest absolute Gasteiger partial charge is 0.378 e. The van der Waals surface area contributed by atoms with Gasteiger partial charge in [0.2, 0.25) is 0 Å². The SMILES string of the molecule is CCc1c(F)cccc1Cc1c(C=O)nc2c(I)cc(N3CCOCC3)nn12. The number of imidazole rings is 1. The minimum Gasteiger partial charge on any atom is -0.378 e. The van der Waals surface area contributed by atoms with Gasteiger partial charge in [-0.3, -0.25) is 4.79 Å². The molecule has 0 unspecified atom stereocenters. The molecule has 2 aromatic heterocycles. The van der Waals surface area contributed by atoms with Crippen molar-refractivity contribution in [3.8, 4) is 0 Å². The molecule has 0 bridgehead atoms. The van der Waals surface area contributed by atoms with E-state index in [0.717, 1.165) is 34.3 Å². The first-order valence-electron chi connectivity index (χ1n) is 9.24. The van der Waals surface area contributed by atoms with Gasteiger partial charge in [0.1, 0.15) is 11.5 Å². The number of aromatic nitrogens is 3. The maximum Gasteiger partial charge on any atom is 0.170 e. The van der Waals surface area contributed by atoms with E-state index in [1.807, 2.05) is 19.1 Å². The zero-order chi connectivity index (χ0) is 19.7. The van der Waals surface area contributed by atoms with Crippen molar-refractivity contribution in [2.24, 2.45) is 0 Å². The fourth-order valence-corrected chi connectivity index (χ4v) is 4.21. The Hall–Kier alpha value is -2.07. The highest BCUT2D eigenvalue weighted by atomic mass is 127. The van der Waals surface area contributed by atoms with Crippen molar-refractivity contribution in [1.82, 2.24) is 14.6 Å².